The second kappa shape index (κ2) is 14.4. The molecule has 2 N–H and O–H groups in total. The van der Waals surface area contributed by atoms with Crippen LogP contribution in [-0.2, 0) is 9.53 Å². The first kappa shape index (κ1) is 29.7. The molecule has 0 saturated carbocycles. The van der Waals surface area contributed by atoms with Gasteiger partial charge in [-0.1, -0.05) is 85.1 Å². The lowest BCUT2D eigenvalue weighted by atomic mass is 9.84. The molecule has 3 aromatic rings. The molecule has 0 unspecified atom stereocenters. The Morgan fingerprint density at radius 3 is 2.58 bits per heavy atom. The molecular formula is C32H34Cl2N2O4. The van der Waals surface area contributed by atoms with Crippen LogP contribution < -0.4 is 10.1 Å². The number of aliphatic hydroxyl groups is 1. The van der Waals surface area contributed by atoms with Gasteiger partial charge in [-0.2, -0.15) is 0 Å². The van der Waals surface area contributed by atoms with Crippen LogP contribution in [0.1, 0.15) is 55.4 Å². The van der Waals surface area contributed by atoms with Crippen molar-refractivity contribution in [3.05, 3.63) is 106 Å². The Morgan fingerprint density at radius 1 is 1.10 bits per heavy atom. The SMILES string of the molecule is CCCCNC(=O)[C@]1(C/C=C/c2ccccc2)N=C(c2ccc(OCCCO)cc2)O[C@@H]1c1ccc(Cl)cc1Cl. The molecule has 8 heteroatoms. The van der Waals surface area contributed by atoms with E-state index in [-0.39, 0.29) is 18.9 Å². The van der Waals surface area contributed by atoms with Gasteiger partial charge < -0.3 is 19.9 Å². The second-order valence-corrected chi connectivity index (χ2v) is 10.4. The minimum atomic E-state index is -1.30. The van der Waals surface area contributed by atoms with E-state index in [1.54, 1.807) is 18.2 Å². The van der Waals surface area contributed by atoms with Crippen LogP contribution in [0.5, 0.6) is 5.75 Å². The summed E-state index contributed by atoms with van der Waals surface area (Å²) < 4.78 is 12.2. The largest absolute Gasteiger partial charge is 0.494 e. The van der Waals surface area contributed by atoms with E-state index in [0.29, 0.717) is 52.4 Å². The molecule has 0 saturated heterocycles. The van der Waals surface area contributed by atoms with E-state index >= 15 is 0 Å². The Labute approximate surface area is 245 Å². The molecule has 1 aliphatic rings. The van der Waals surface area contributed by atoms with E-state index < -0.39 is 11.6 Å². The summed E-state index contributed by atoms with van der Waals surface area (Å²) in [6.45, 7) is 3.09. The third-order valence-corrected chi connectivity index (χ3v) is 7.19. The van der Waals surface area contributed by atoms with Crippen LogP contribution in [0.25, 0.3) is 6.08 Å². The van der Waals surface area contributed by atoms with E-state index in [4.69, 9.17) is 42.8 Å². The van der Waals surface area contributed by atoms with E-state index in [1.807, 2.05) is 66.7 Å². The third kappa shape index (κ3) is 7.25. The van der Waals surface area contributed by atoms with Crippen molar-refractivity contribution in [2.24, 2.45) is 4.99 Å². The average Bonchev–Trinajstić information content (AvgIpc) is 3.34. The van der Waals surface area contributed by atoms with E-state index in [0.717, 1.165) is 18.4 Å². The maximum atomic E-state index is 14.0. The molecule has 0 aromatic heterocycles. The van der Waals surface area contributed by atoms with Crippen molar-refractivity contribution in [1.82, 2.24) is 5.32 Å². The highest BCUT2D eigenvalue weighted by Gasteiger charge is 2.53. The summed E-state index contributed by atoms with van der Waals surface area (Å²) in [7, 11) is 0. The van der Waals surface area contributed by atoms with Crippen LogP contribution in [0, 0.1) is 0 Å². The number of carbonyl (C=O) groups excluding carboxylic acids is 1. The Hall–Kier alpha value is -3.32. The first-order valence-electron chi connectivity index (χ1n) is 13.5. The number of nitrogens with zero attached hydrogens (tertiary/aromatic N) is 1. The van der Waals surface area contributed by atoms with Crippen molar-refractivity contribution in [1.29, 1.82) is 0 Å². The second-order valence-electron chi connectivity index (χ2n) is 9.58. The van der Waals surface area contributed by atoms with Gasteiger partial charge in [0.05, 0.1) is 6.61 Å². The highest BCUT2D eigenvalue weighted by molar-refractivity contribution is 6.35. The number of unbranched alkanes of at least 4 members (excludes halogenated alkanes) is 1. The van der Waals surface area contributed by atoms with Crippen LogP contribution in [0.4, 0.5) is 0 Å². The van der Waals surface area contributed by atoms with E-state index in [1.165, 1.54) is 0 Å². The maximum Gasteiger partial charge on any atom is 0.252 e. The van der Waals surface area contributed by atoms with Gasteiger partial charge in [-0.25, -0.2) is 4.99 Å². The van der Waals surface area contributed by atoms with Gasteiger partial charge in [-0.05, 0) is 48.4 Å². The first-order valence-corrected chi connectivity index (χ1v) is 14.3. The fourth-order valence-corrected chi connectivity index (χ4v) is 4.98. The topological polar surface area (TPSA) is 80.2 Å². The predicted octanol–water partition coefficient (Wildman–Crippen LogP) is 7.03. The molecule has 1 heterocycles. The molecule has 3 aromatic carbocycles. The summed E-state index contributed by atoms with van der Waals surface area (Å²) in [6, 6.07) is 22.4. The number of amides is 1. The lowest BCUT2D eigenvalue weighted by Crippen LogP contribution is -2.48. The van der Waals surface area contributed by atoms with Crippen molar-refractivity contribution in [2.45, 2.75) is 44.2 Å². The Kier molecular flexibility index (Phi) is 10.6. The van der Waals surface area contributed by atoms with Gasteiger partial charge in [-0.3, -0.25) is 4.79 Å². The smallest absolute Gasteiger partial charge is 0.252 e. The minimum Gasteiger partial charge on any atom is -0.494 e. The maximum absolute atomic E-state index is 14.0. The number of halogens is 2. The van der Waals surface area contributed by atoms with Gasteiger partial charge in [0.25, 0.3) is 5.91 Å². The molecule has 4 rings (SSSR count). The standard InChI is InChI=1S/C32H34Cl2N2O4/c1-2-3-19-35-31(38)32(18-7-11-23-9-5-4-6-10-23)29(27-17-14-25(33)22-28(27)34)40-30(36-32)24-12-15-26(16-13-24)39-21-8-20-37/h4-7,9-17,22,29,37H,2-3,8,18-21H2,1H3,(H,35,38)/b11-7+/t29-,32-/m1/s1. The Bertz CT molecular complexity index is 1330. The van der Waals surface area contributed by atoms with Crippen LogP contribution >= 0.6 is 23.2 Å². The summed E-state index contributed by atoms with van der Waals surface area (Å²) in [6.07, 6.45) is 5.79. The highest BCUT2D eigenvalue weighted by atomic mass is 35.5. The Morgan fingerprint density at radius 2 is 1.88 bits per heavy atom. The molecule has 210 valence electrons. The van der Waals surface area contributed by atoms with Gasteiger partial charge >= 0.3 is 0 Å². The van der Waals surface area contributed by atoms with Crippen molar-refractivity contribution in [3.8, 4) is 5.75 Å². The molecule has 6 nitrogen and oxygen atoms in total. The normalized spacial score (nSPS) is 18.4. The van der Waals surface area contributed by atoms with E-state index in [2.05, 4.69) is 12.2 Å². The van der Waals surface area contributed by atoms with Gasteiger partial charge in [-0.15, -0.1) is 0 Å². The molecule has 2 atom stereocenters. The molecule has 0 spiro atoms. The van der Waals surface area contributed by atoms with Gasteiger partial charge in [0.2, 0.25) is 5.90 Å². The number of hydrogen-bond acceptors (Lipinski definition) is 5. The fourth-order valence-electron chi connectivity index (χ4n) is 4.48. The summed E-state index contributed by atoms with van der Waals surface area (Å²) in [5.74, 6) is 0.785. The lowest BCUT2D eigenvalue weighted by molar-refractivity contribution is -0.128. The number of hydrogen-bond donors (Lipinski definition) is 2. The molecule has 1 aliphatic heterocycles. The van der Waals surface area contributed by atoms with Crippen molar-refractivity contribution in [2.75, 3.05) is 19.8 Å². The summed E-state index contributed by atoms with van der Waals surface area (Å²) in [5.41, 5.74) is 1.06. The lowest BCUT2D eigenvalue weighted by Gasteiger charge is -2.30. The minimum absolute atomic E-state index is 0.0680. The van der Waals surface area contributed by atoms with Crippen LogP contribution in [0.15, 0.2) is 83.9 Å². The fraction of sp³-hybridized carbons (Fsp3) is 0.312. The van der Waals surface area contributed by atoms with Crippen molar-refractivity contribution in [3.63, 3.8) is 0 Å². The van der Waals surface area contributed by atoms with Crippen molar-refractivity contribution < 1.29 is 19.4 Å². The molecule has 40 heavy (non-hydrogen) atoms. The van der Waals surface area contributed by atoms with Crippen LogP contribution in [0.2, 0.25) is 10.0 Å². The first-order chi connectivity index (χ1) is 19.5. The zero-order chi connectivity index (χ0) is 28.4. The summed E-state index contributed by atoms with van der Waals surface area (Å²) in [5, 5.41) is 13.0. The quantitative estimate of drug-likeness (QED) is 0.213. The summed E-state index contributed by atoms with van der Waals surface area (Å²) >= 11 is 12.9. The number of aliphatic hydroxyl groups excluding tert-OH is 1. The third-order valence-electron chi connectivity index (χ3n) is 6.63. The van der Waals surface area contributed by atoms with Crippen molar-refractivity contribution >= 4 is 41.1 Å². The molecular weight excluding hydrogens is 547 g/mol. The van der Waals surface area contributed by atoms with E-state index in [9.17, 15) is 4.79 Å². The zero-order valence-electron chi connectivity index (χ0n) is 22.5. The molecule has 0 bridgehead atoms. The Balaban J connectivity index is 1.74. The zero-order valence-corrected chi connectivity index (χ0v) is 24.0. The van der Waals surface area contributed by atoms with Crippen LogP contribution in [-0.4, -0.2) is 42.2 Å². The van der Waals surface area contributed by atoms with Gasteiger partial charge in [0, 0.05) is 47.2 Å². The number of rotatable bonds is 13. The molecule has 0 fully saturated rings. The molecule has 0 aliphatic carbocycles. The number of carbonyl (C=O) groups is 1. The van der Waals surface area contributed by atoms with Gasteiger partial charge in [0.15, 0.2) is 11.6 Å². The number of nitrogens with one attached hydrogen (secondary N) is 1. The summed E-state index contributed by atoms with van der Waals surface area (Å²) in [4.78, 5) is 19.0. The van der Waals surface area contributed by atoms with Crippen LogP contribution in [0.3, 0.4) is 0 Å². The van der Waals surface area contributed by atoms with Gasteiger partial charge in [0.1, 0.15) is 5.75 Å². The molecule has 0 radical (unpaired) electrons. The molecule has 1 amide bonds. The number of benzene rings is 3. The number of aliphatic imine (C=N–C) groups is 1. The number of ether oxygens (including phenoxy) is 2. The predicted molar refractivity (Wildman–Crippen MR) is 161 cm³/mol. The monoisotopic (exact) mass is 580 g/mol. The average molecular weight is 582 g/mol. The highest BCUT2D eigenvalue weighted by Crippen LogP contribution is 2.45.